The summed E-state index contributed by atoms with van der Waals surface area (Å²) in [7, 11) is 1.56. The lowest BCUT2D eigenvalue weighted by Crippen LogP contribution is -2.26. The molecule has 6 heteroatoms. The van der Waals surface area contributed by atoms with Crippen molar-refractivity contribution in [3.05, 3.63) is 75.5 Å². The minimum atomic E-state index is -0.384. The normalized spacial score (nSPS) is 10.5. The Labute approximate surface area is 149 Å². The molecule has 1 heterocycles. The van der Waals surface area contributed by atoms with E-state index >= 15 is 0 Å². The number of carbonyl (C=O) groups is 1. The number of hydrogen-bond donors (Lipinski definition) is 1. The van der Waals surface area contributed by atoms with E-state index in [1.165, 1.54) is 11.6 Å². The van der Waals surface area contributed by atoms with Crippen LogP contribution in [-0.4, -0.2) is 15.6 Å². The molecule has 0 amide bonds. The Morgan fingerprint density at radius 3 is 2.48 bits per heavy atom. The van der Waals surface area contributed by atoms with Crippen LogP contribution in [0.2, 0.25) is 5.02 Å². The van der Waals surface area contributed by atoms with Gasteiger partial charge in [0.1, 0.15) is 11.4 Å². The lowest BCUT2D eigenvalue weighted by Gasteiger charge is -2.15. The van der Waals surface area contributed by atoms with Gasteiger partial charge >= 0.3 is 0 Å². The fourth-order valence-electron chi connectivity index (χ4n) is 2.60. The molecular formula is C19H16ClN3O2. The van der Waals surface area contributed by atoms with E-state index in [-0.39, 0.29) is 22.6 Å². The highest BCUT2D eigenvalue weighted by molar-refractivity contribution is 6.30. The number of carbonyl (C=O) groups excluding carboxylic acids is 1. The summed E-state index contributed by atoms with van der Waals surface area (Å²) in [6, 6.07) is 16.3. The Hall–Kier alpha value is -2.92. The van der Waals surface area contributed by atoms with Crippen molar-refractivity contribution in [2.24, 2.45) is 7.05 Å². The fourth-order valence-corrected chi connectivity index (χ4v) is 2.79. The first-order valence-corrected chi connectivity index (χ1v) is 8.05. The molecule has 0 aliphatic carbocycles. The average molecular weight is 354 g/mol. The third kappa shape index (κ3) is 3.46. The predicted octanol–water partition coefficient (Wildman–Crippen LogP) is 4.05. The van der Waals surface area contributed by atoms with Crippen molar-refractivity contribution < 1.29 is 4.79 Å². The molecule has 0 aliphatic rings. The van der Waals surface area contributed by atoms with Gasteiger partial charge in [0.05, 0.1) is 5.56 Å². The zero-order valence-electron chi connectivity index (χ0n) is 13.8. The van der Waals surface area contributed by atoms with Crippen LogP contribution in [0.15, 0.2) is 59.4 Å². The van der Waals surface area contributed by atoms with Crippen LogP contribution in [0.5, 0.6) is 0 Å². The average Bonchev–Trinajstić information content (AvgIpc) is 2.59. The molecule has 0 radical (unpaired) electrons. The van der Waals surface area contributed by atoms with Gasteiger partial charge in [0.15, 0.2) is 5.78 Å². The molecule has 0 bridgehead atoms. The van der Waals surface area contributed by atoms with Crippen LogP contribution in [0.25, 0.3) is 11.3 Å². The predicted molar refractivity (Wildman–Crippen MR) is 99.7 cm³/mol. The number of aromatic nitrogens is 2. The number of aryl methyl sites for hydroxylation is 1. The first-order chi connectivity index (χ1) is 12.0. The van der Waals surface area contributed by atoms with Gasteiger partial charge in [-0.3, -0.25) is 9.59 Å². The van der Waals surface area contributed by atoms with Crippen LogP contribution < -0.4 is 10.9 Å². The Balaban J connectivity index is 2.25. The Morgan fingerprint density at radius 1 is 1.12 bits per heavy atom. The summed E-state index contributed by atoms with van der Waals surface area (Å²) in [4.78, 5) is 24.9. The Bertz CT molecular complexity index is 997. The molecule has 126 valence electrons. The highest BCUT2D eigenvalue weighted by atomic mass is 35.5. The highest BCUT2D eigenvalue weighted by Gasteiger charge is 2.21. The van der Waals surface area contributed by atoms with Crippen molar-refractivity contribution >= 4 is 28.8 Å². The van der Waals surface area contributed by atoms with Gasteiger partial charge in [-0.15, -0.1) is 0 Å². The molecule has 0 atom stereocenters. The highest BCUT2D eigenvalue weighted by Crippen LogP contribution is 2.28. The van der Waals surface area contributed by atoms with Crippen molar-refractivity contribution in [1.29, 1.82) is 0 Å². The van der Waals surface area contributed by atoms with Crippen molar-refractivity contribution in [3.63, 3.8) is 0 Å². The molecule has 3 aromatic rings. The monoisotopic (exact) mass is 353 g/mol. The zero-order valence-corrected chi connectivity index (χ0v) is 14.5. The standard InChI is InChI=1S/C19H16ClN3O2/c1-12(24)16-17(13-7-4-3-5-8-13)22-23(2)19(25)18(16)21-15-10-6-9-14(20)11-15/h3-11,21H,1-2H3. The number of Topliss-reactive ketones (excluding diaryl/α,β-unsaturated/α-hetero) is 1. The minimum Gasteiger partial charge on any atom is -0.350 e. The summed E-state index contributed by atoms with van der Waals surface area (Å²) in [6.45, 7) is 1.42. The molecule has 0 unspecified atom stereocenters. The van der Waals surface area contributed by atoms with E-state index in [4.69, 9.17) is 11.6 Å². The summed E-state index contributed by atoms with van der Waals surface area (Å²) in [5.74, 6) is -0.242. The summed E-state index contributed by atoms with van der Waals surface area (Å²) in [6.07, 6.45) is 0. The smallest absolute Gasteiger partial charge is 0.290 e. The number of anilines is 2. The number of ketones is 1. The van der Waals surface area contributed by atoms with Gasteiger partial charge in [0.2, 0.25) is 0 Å². The molecule has 1 N–H and O–H groups in total. The quantitative estimate of drug-likeness (QED) is 0.719. The Morgan fingerprint density at radius 2 is 1.84 bits per heavy atom. The molecule has 25 heavy (non-hydrogen) atoms. The van der Waals surface area contributed by atoms with Crippen molar-refractivity contribution in [1.82, 2.24) is 9.78 Å². The van der Waals surface area contributed by atoms with Gasteiger partial charge < -0.3 is 5.32 Å². The van der Waals surface area contributed by atoms with Gasteiger partial charge in [0, 0.05) is 23.3 Å². The van der Waals surface area contributed by atoms with E-state index in [1.54, 1.807) is 31.3 Å². The molecule has 0 aliphatic heterocycles. The van der Waals surface area contributed by atoms with Crippen LogP contribution in [0.3, 0.4) is 0 Å². The van der Waals surface area contributed by atoms with E-state index in [1.807, 2.05) is 30.3 Å². The second-order valence-electron chi connectivity index (χ2n) is 5.58. The maximum atomic E-state index is 12.6. The molecule has 0 saturated heterocycles. The number of rotatable bonds is 4. The third-order valence-corrected chi connectivity index (χ3v) is 3.97. The molecular weight excluding hydrogens is 338 g/mol. The second kappa shape index (κ2) is 6.91. The van der Waals surface area contributed by atoms with E-state index in [0.717, 1.165) is 5.56 Å². The molecule has 2 aromatic carbocycles. The van der Waals surface area contributed by atoms with E-state index < -0.39 is 0 Å². The zero-order chi connectivity index (χ0) is 18.0. The summed E-state index contributed by atoms with van der Waals surface area (Å²) in [5.41, 5.74) is 1.90. The first kappa shape index (κ1) is 16.9. The maximum Gasteiger partial charge on any atom is 0.290 e. The molecule has 0 spiro atoms. The lowest BCUT2D eigenvalue weighted by atomic mass is 10.0. The molecule has 1 aromatic heterocycles. The lowest BCUT2D eigenvalue weighted by molar-refractivity contribution is 0.101. The van der Waals surface area contributed by atoms with Gasteiger partial charge in [-0.25, -0.2) is 4.68 Å². The fraction of sp³-hybridized carbons (Fsp3) is 0.105. The van der Waals surface area contributed by atoms with Crippen molar-refractivity contribution in [3.8, 4) is 11.3 Å². The van der Waals surface area contributed by atoms with Crippen molar-refractivity contribution in [2.75, 3.05) is 5.32 Å². The summed E-state index contributed by atoms with van der Waals surface area (Å²) < 4.78 is 1.22. The minimum absolute atomic E-state index is 0.186. The second-order valence-corrected chi connectivity index (χ2v) is 6.02. The van der Waals surface area contributed by atoms with Crippen LogP contribution >= 0.6 is 11.6 Å². The third-order valence-electron chi connectivity index (χ3n) is 3.74. The molecule has 3 rings (SSSR count). The van der Waals surface area contributed by atoms with E-state index in [9.17, 15) is 9.59 Å². The SMILES string of the molecule is CC(=O)c1c(-c2ccccc2)nn(C)c(=O)c1Nc1cccc(Cl)c1. The molecule has 5 nitrogen and oxygen atoms in total. The Kier molecular flexibility index (Phi) is 4.67. The first-order valence-electron chi connectivity index (χ1n) is 7.67. The van der Waals surface area contributed by atoms with Gasteiger partial charge in [-0.1, -0.05) is 48.0 Å². The number of hydrogen-bond acceptors (Lipinski definition) is 4. The van der Waals surface area contributed by atoms with Gasteiger partial charge in [0.25, 0.3) is 5.56 Å². The number of halogens is 1. The van der Waals surface area contributed by atoms with Gasteiger partial charge in [-0.05, 0) is 25.1 Å². The molecule has 0 fully saturated rings. The van der Waals surface area contributed by atoms with Crippen molar-refractivity contribution in [2.45, 2.75) is 6.92 Å². The number of nitrogens with one attached hydrogen (secondary N) is 1. The maximum absolute atomic E-state index is 12.6. The van der Waals surface area contributed by atoms with E-state index in [2.05, 4.69) is 10.4 Å². The van der Waals surface area contributed by atoms with Crippen LogP contribution in [0.1, 0.15) is 17.3 Å². The summed E-state index contributed by atoms with van der Waals surface area (Å²) in [5, 5.41) is 7.87. The number of nitrogens with zero attached hydrogens (tertiary/aromatic N) is 2. The number of benzene rings is 2. The summed E-state index contributed by atoms with van der Waals surface area (Å²) >= 11 is 6.01. The largest absolute Gasteiger partial charge is 0.350 e. The van der Waals surface area contributed by atoms with Gasteiger partial charge in [-0.2, -0.15) is 5.10 Å². The van der Waals surface area contributed by atoms with Crippen LogP contribution in [0.4, 0.5) is 11.4 Å². The van der Waals surface area contributed by atoms with E-state index in [0.29, 0.717) is 16.4 Å². The topological polar surface area (TPSA) is 64.0 Å². The van der Waals surface area contributed by atoms with Crippen LogP contribution in [0, 0.1) is 0 Å². The molecule has 0 saturated carbocycles. The van der Waals surface area contributed by atoms with Crippen LogP contribution in [-0.2, 0) is 7.05 Å².